The second-order valence-electron chi connectivity index (χ2n) is 4.48. The van der Waals surface area contributed by atoms with Crippen LogP contribution in [0.2, 0.25) is 5.02 Å². The highest BCUT2D eigenvalue weighted by Crippen LogP contribution is 2.21. The third-order valence-corrected chi connectivity index (χ3v) is 4.60. The number of para-hydroxylation sites is 1. The van der Waals surface area contributed by atoms with E-state index in [9.17, 15) is 4.79 Å². The molecule has 0 spiro atoms. The van der Waals surface area contributed by atoms with E-state index < -0.39 is 0 Å². The predicted octanol–water partition coefficient (Wildman–Crippen LogP) is 4.39. The van der Waals surface area contributed by atoms with Gasteiger partial charge in [-0.3, -0.25) is 4.79 Å². The predicted molar refractivity (Wildman–Crippen MR) is 94.1 cm³/mol. The van der Waals surface area contributed by atoms with Crippen LogP contribution in [0, 0.1) is 3.57 Å². The van der Waals surface area contributed by atoms with Crippen LogP contribution in [0.3, 0.4) is 0 Å². The van der Waals surface area contributed by atoms with Gasteiger partial charge in [0.15, 0.2) is 0 Å². The van der Waals surface area contributed by atoms with E-state index in [-0.39, 0.29) is 5.91 Å². The molecular weight excluding hydrogens is 401 g/mol. The number of carbonyl (C=O) groups excluding carboxylic acids is 1. The number of halogens is 2. The van der Waals surface area contributed by atoms with E-state index in [1.54, 1.807) is 19.2 Å². The molecule has 0 bridgehead atoms. The average molecular weight is 416 g/mol. The summed E-state index contributed by atoms with van der Waals surface area (Å²) in [5.74, 6) is -0.168. The standard InChI is InChI=1S/C16H15ClINO2/c1-21-9-8-11-4-2-3-5-15(11)19-16(20)12-6-7-14(18)13(17)10-12/h2-7,10H,8-9H2,1H3,(H,19,20). The van der Waals surface area contributed by atoms with Gasteiger partial charge in [-0.2, -0.15) is 0 Å². The van der Waals surface area contributed by atoms with Crippen molar-refractivity contribution in [3.05, 3.63) is 62.2 Å². The van der Waals surface area contributed by atoms with Crippen molar-refractivity contribution in [2.24, 2.45) is 0 Å². The molecule has 0 unspecified atom stereocenters. The number of hydrogen-bond donors (Lipinski definition) is 1. The zero-order valence-electron chi connectivity index (χ0n) is 11.5. The maximum absolute atomic E-state index is 12.3. The maximum atomic E-state index is 12.3. The van der Waals surface area contributed by atoms with E-state index in [4.69, 9.17) is 16.3 Å². The largest absolute Gasteiger partial charge is 0.384 e. The van der Waals surface area contributed by atoms with Gasteiger partial charge < -0.3 is 10.1 Å². The van der Waals surface area contributed by atoms with E-state index in [2.05, 4.69) is 27.9 Å². The highest BCUT2D eigenvalue weighted by molar-refractivity contribution is 14.1. The normalized spacial score (nSPS) is 10.4. The maximum Gasteiger partial charge on any atom is 0.255 e. The van der Waals surface area contributed by atoms with Crippen molar-refractivity contribution in [1.29, 1.82) is 0 Å². The van der Waals surface area contributed by atoms with Gasteiger partial charge in [0.25, 0.3) is 5.91 Å². The van der Waals surface area contributed by atoms with Gasteiger partial charge in [0.05, 0.1) is 11.6 Å². The van der Waals surface area contributed by atoms with E-state index in [0.29, 0.717) is 17.2 Å². The summed E-state index contributed by atoms with van der Waals surface area (Å²) in [6.45, 7) is 0.613. The van der Waals surface area contributed by atoms with Crippen molar-refractivity contribution in [2.45, 2.75) is 6.42 Å². The third kappa shape index (κ3) is 4.43. The molecule has 5 heteroatoms. The van der Waals surface area contributed by atoms with E-state index in [1.165, 1.54) is 0 Å². The summed E-state index contributed by atoms with van der Waals surface area (Å²) >= 11 is 8.19. The summed E-state index contributed by atoms with van der Waals surface area (Å²) in [6, 6.07) is 13.0. The summed E-state index contributed by atoms with van der Waals surface area (Å²) in [5, 5.41) is 3.51. The lowest BCUT2D eigenvalue weighted by atomic mass is 10.1. The first-order valence-electron chi connectivity index (χ1n) is 6.45. The van der Waals surface area contributed by atoms with Crippen molar-refractivity contribution < 1.29 is 9.53 Å². The van der Waals surface area contributed by atoms with Crippen molar-refractivity contribution in [2.75, 3.05) is 19.0 Å². The Labute approximate surface area is 142 Å². The Morgan fingerprint density at radius 1 is 1.29 bits per heavy atom. The molecule has 110 valence electrons. The van der Waals surface area contributed by atoms with Gasteiger partial charge in [0.1, 0.15) is 0 Å². The number of nitrogens with one attached hydrogen (secondary N) is 1. The number of methoxy groups -OCH3 is 1. The second kappa shape index (κ2) is 7.77. The molecule has 0 aliphatic carbocycles. The van der Waals surface area contributed by atoms with E-state index in [1.807, 2.05) is 30.3 Å². The quantitative estimate of drug-likeness (QED) is 0.736. The highest BCUT2D eigenvalue weighted by Gasteiger charge is 2.10. The van der Waals surface area contributed by atoms with Crippen LogP contribution < -0.4 is 5.32 Å². The first-order valence-corrected chi connectivity index (χ1v) is 7.90. The smallest absolute Gasteiger partial charge is 0.255 e. The van der Waals surface area contributed by atoms with Crippen LogP contribution in [-0.2, 0) is 11.2 Å². The van der Waals surface area contributed by atoms with Crippen LogP contribution in [0.5, 0.6) is 0 Å². The highest BCUT2D eigenvalue weighted by atomic mass is 127. The third-order valence-electron chi connectivity index (χ3n) is 3.02. The minimum Gasteiger partial charge on any atom is -0.384 e. The zero-order chi connectivity index (χ0) is 15.2. The summed E-state index contributed by atoms with van der Waals surface area (Å²) < 4.78 is 6.01. The molecule has 0 aliphatic rings. The first kappa shape index (κ1) is 16.3. The Bertz CT molecular complexity index is 646. The van der Waals surface area contributed by atoms with E-state index >= 15 is 0 Å². The Kier molecular flexibility index (Phi) is 6.02. The van der Waals surface area contributed by atoms with Gasteiger partial charge in [-0.1, -0.05) is 29.8 Å². The number of carbonyl (C=O) groups is 1. The molecule has 1 amide bonds. The fourth-order valence-corrected chi connectivity index (χ4v) is 2.42. The molecule has 0 aliphatic heterocycles. The van der Waals surface area contributed by atoms with E-state index in [0.717, 1.165) is 21.2 Å². The lowest BCUT2D eigenvalue weighted by Crippen LogP contribution is -2.14. The van der Waals surface area contributed by atoms with Gasteiger partial charge in [-0.15, -0.1) is 0 Å². The summed E-state index contributed by atoms with van der Waals surface area (Å²) in [6.07, 6.45) is 0.750. The van der Waals surface area contributed by atoms with Gasteiger partial charge in [0.2, 0.25) is 0 Å². The number of benzene rings is 2. The van der Waals surface area contributed by atoms with Crippen LogP contribution in [0.15, 0.2) is 42.5 Å². The first-order chi connectivity index (χ1) is 10.1. The molecule has 3 nitrogen and oxygen atoms in total. The molecule has 2 aromatic rings. The van der Waals surface area contributed by atoms with Crippen molar-refractivity contribution in [1.82, 2.24) is 0 Å². The van der Waals surface area contributed by atoms with Crippen molar-refractivity contribution in [3.63, 3.8) is 0 Å². The molecule has 0 fully saturated rings. The van der Waals surface area contributed by atoms with Gasteiger partial charge >= 0.3 is 0 Å². The molecule has 1 N–H and O–H groups in total. The van der Waals surface area contributed by atoms with Gasteiger partial charge in [0, 0.05) is 21.9 Å². The lowest BCUT2D eigenvalue weighted by Gasteiger charge is -2.11. The Balaban J connectivity index is 2.17. The molecule has 0 heterocycles. The number of rotatable bonds is 5. The molecule has 2 rings (SSSR count). The van der Waals surface area contributed by atoms with Crippen LogP contribution in [0.25, 0.3) is 0 Å². The van der Waals surface area contributed by atoms with Crippen LogP contribution >= 0.6 is 34.2 Å². The van der Waals surface area contributed by atoms with Gasteiger partial charge in [-0.25, -0.2) is 0 Å². The van der Waals surface area contributed by atoms with Crippen molar-refractivity contribution >= 4 is 45.8 Å². The Morgan fingerprint density at radius 3 is 2.76 bits per heavy atom. The van der Waals surface area contributed by atoms with Crippen LogP contribution in [-0.4, -0.2) is 19.6 Å². The Morgan fingerprint density at radius 2 is 2.05 bits per heavy atom. The zero-order valence-corrected chi connectivity index (χ0v) is 14.4. The monoisotopic (exact) mass is 415 g/mol. The molecule has 0 radical (unpaired) electrons. The lowest BCUT2D eigenvalue weighted by molar-refractivity contribution is 0.102. The molecule has 21 heavy (non-hydrogen) atoms. The number of ether oxygens (including phenoxy) is 1. The molecular formula is C16H15ClINO2. The fourth-order valence-electron chi connectivity index (χ4n) is 1.90. The number of hydrogen-bond acceptors (Lipinski definition) is 2. The number of amides is 1. The average Bonchev–Trinajstić information content (AvgIpc) is 2.49. The summed E-state index contributed by atoms with van der Waals surface area (Å²) in [4.78, 5) is 12.3. The molecule has 0 saturated heterocycles. The summed E-state index contributed by atoms with van der Waals surface area (Å²) in [5.41, 5.74) is 2.39. The SMILES string of the molecule is COCCc1ccccc1NC(=O)c1ccc(I)c(Cl)c1. The second-order valence-corrected chi connectivity index (χ2v) is 6.05. The molecule has 0 saturated carbocycles. The minimum atomic E-state index is -0.168. The topological polar surface area (TPSA) is 38.3 Å². The van der Waals surface area contributed by atoms with Crippen LogP contribution in [0.1, 0.15) is 15.9 Å². The minimum absolute atomic E-state index is 0.168. The molecule has 2 aromatic carbocycles. The fraction of sp³-hybridized carbons (Fsp3) is 0.188. The van der Waals surface area contributed by atoms with Crippen molar-refractivity contribution in [3.8, 4) is 0 Å². The molecule has 0 aromatic heterocycles. The Hall–Kier alpha value is -1.11. The number of anilines is 1. The van der Waals surface area contributed by atoms with Crippen LogP contribution in [0.4, 0.5) is 5.69 Å². The molecule has 0 atom stereocenters. The summed E-state index contributed by atoms with van der Waals surface area (Å²) in [7, 11) is 1.66. The van der Waals surface area contributed by atoms with Gasteiger partial charge in [-0.05, 0) is 58.8 Å².